The second kappa shape index (κ2) is 5.75. The lowest BCUT2D eigenvalue weighted by molar-refractivity contribution is 0.632. The lowest BCUT2D eigenvalue weighted by Crippen LogP contribution is -1.86. The molecule has 0 aromatic heterocycles. The largest absolute Gasteiger partial charge is 0.396 e. The Morgan fingerprint density at radius 3 is 1.43 bits per heavy atom. The summed E-state index contributed by atoms with van der Waals surface area (Å²) in [6.07, 6.45) is 0. The molecule has 2 aromatic rings. The highest BCUT2D eigenvalue weighted by atomic mass is 19.1. The van der Waals surface area contributed by atoms with Crippen molar-refractivity contribution in [3.05, 3.63) is 66.5 Å². The van der Waals surface area contributed by atoms with Crippen molar-refractivity contribution < 1.29 is 4.39 Å². The maximum Gasteiger partial charge on any atom is 0.146 e. The summed E-state index contributed by atoms with van der Waals surface area (Å²) < 4.78 is 12.2. The molecule has 2 N–H and O–H groups in total. The molecule has 0 saturated carbocycles. The number of benzene rings is 2. The van der Waals surface area contributed by atoms with E-state index in [1.165, 1.54) is 12.1 Å². The first-order valence-corrected chi connectivity index (χ1v) is 4.31. The molecule has 0 atom stereocenters. The molecule has 2 heteroatoms. The summed E-state index contributed by atoms with van der Waals surface area (Å²) in [5.74, 6) is -0.354. The number of rotatable bonds is 0. The highest BCUT2D eigenvalue weighted by Gasteiger charge is 1.89. The van der Waals surface area contributed by atoms with Crippen molar-refractivity contribution in [2.45, 2.75) is 0 Å². The van der Waals surface area contributed by atoms with Gasteiger partial charge in [0, 0.05) is 0 Å². The third-order valence-electron chi connectivity index (χ3n) is 1.57. The van der Waals surface area contributed by atoms with Crippen LogP contribution in [-0.2, 0) is 0 Å². The number of nitrogen functional groups attached to an aromatic ring is 1. The summed E-state index contributed by atoms with van der Waals surface area (Å²) in [6, 6.07) is 18.1. The minimum Gasteiger partial charge on any atom is -0.396 e. The smallest absolute Gasteiger partial charge is 0.146 e. The monoisotopic (exact) mass is 189 g/mol. The zero-order valence-electron chi connectivity index (χ0n) is 7.73. The normalized spacial score (nSPS) is 8.64. The Morgan fingerprint density at radius 1 is 0.714 bits per heavy atom. The minimum absolute atomic E-state index is 0.201. The summed E-state index contributed by atoms with van der Waals surface area (Å²) in [7, 11) is 0. The van der Waals surface area contributed by atoms with Crippen LogP contribution < -0.4 is 5.73 Å². The van der Waals surface area contributed by atoms with E-state index in [4.69, 9.17) is 5.73 Å². The SMILES string of the molecule is Nc1ccccc1F.c1ccccc1. The number of hydrogen-bond acceptors (Lipinski definition) is 1. The van der Waals surface area contributed by atoms with E-state index in [2.05, 4.69) is 0 Å². The molecule has 0 unspecified atom stereocenters. The Kier molecular flexibility index (Phi) is 4.21. The van der Waals surface area contributed by atoms with E-state index in [1.54, 1.807) is 12.1 Å². The van der Waals surface area contributed by atoms with Gasteiger partial charge in [-0.1, -0.05) is 48.5 Å². The Labute approximate surface area is 83.0 Å². The van der Waals surface area contributed by atoms with Crippen LogP contribution in [0.4, 0.5) is 10.1 Å². The molecule has 0 fully saturated rings. The van der Waals surface area contributed by atoms with Gasteiger partial charge < -0.3 is 5.73 Å². The first-order chi connectivity index (χ1) is 6.80. The van der Waals surface area contributed by atoms with E-state index in [-0.39, 0.29) is 11.5 Å². The van der Waals surface area contributed by atoms with Crippen molar-refractivity contribution in [1.29, 1.82) is 0 Å². The standard InChI is InChI=1S/C6H6FN.C6H6/c7-5-3-1-2-4-6(5)8;1-2-4-6-5-3-1/h1-4H,8H2;1-6H. The molecule has 0 radical (unpaired) electrons. The van der Waals surface area contributed by atoms with Gasteiger partial charge in [-0.2, -0.15) is 0 Å². The topological polar surface area (TPSA) is 26.0 Å². The van der Waals surface area contributed by atoms with Crippen molar-refractivity contribution in [2.75, 3.05) is 5.73 Å². The summed E-state index contributed by atoms with van der Waals surface area (Å²) in [5.41, 5.74) is 5.35. The number of hydrogen-bond donors (Lipinski definition) is 1. The summed E-state index contributed by atoms with van der Waals surface area (Å²) in [4.78, 5) is 0. The van der Waals surface area contributed by atoms with Gasteiger partial charge in [-0.25, -0.2) is 4.39 Å². The van der Waals surface area contributed by atoms with Crippen LogP contribution in [0.15, 0.2) is 60.7 Å². The van der Waals surface area contributed by atoms with Gasteiger partial charge in [-0.15, -0.1) is 0 Å². The molecule has 14 heavy (non-hydrogen) atoms. The van der Waals surface area contributed by atoms with Crippen LogP contribution in [0.1, 0.15) is 0 Å². The van der Waals surface area contributed by atoms with Gasteiger partial charge in [0.2, 0.25) is 0 Å². The van der Waals surface area contributed by atoms with E-state index in [9.17, 15) is 4.39 Å². The summed E-state index contributed by atoms with van der Waals surface area (Å²) in [6.45, 7) is 0. The molecule has 2 aromatic carbocycles. The number of nitrogens with two attached hydrogens (primary N) is 1. The van der Waals surface area contributed by atoms with Crippen LogP contribution in [-0.4, -0.2) is 0 Å². The minimum atomic E-state index is -0.354. The predicted molar refractivity (Wildman–Crippen MR) is 57.3 cm³/mol. The average molecular weight is 189 g/mol. The Morgan fingerprint density at radius 2 is 1.14 bits per heavy atom. The first-order valence-electron chi connectivity index (χ1n) is 4.31. The van der Waals surface area contributed by atoms with Crippen molar-refractivity contribution in [3.63, 3.8) is 0 Å². The molecule has 0 amide bonds. The van der Waals surface area contributed by atoms with Gasteiger partial charge in [0.25, 0.3) is 0 Å². The fraction of sp³-hybridized carbons (Fsp3) is 0. The first kappa shape index (κ1) is 10.3. The molecule has 0 spiro atoms. The molecule has 0 bridgehead atoms. The zero-order valence-corrected chi connectivity index (χ0v) is 7.73. The van der Waals surface area contributed by atoms with Gasteiger partial charge >= 0.3 is 0 Å². The van der Waals surface area contributed by atoms with Crippen molar-refractivity contribution in [1.82, 2.24) is 0 Å². The third kappa shape index (κ3) is 3.72. The van der Waals surface area contributed by atoms with Gasteiger partial charge in [0.15, 0.2) is 0 Å². The lowest BCUT2D eigenvalue weighted by atomic mass is 10.3. The van der Waals surface area contributed by atoms with E-state index in [0.29, 0.717) is 0 Å². The van der Waals surface area contributed by atoms with E-state index >= 15 is 0 Å². The molecule has 0 saturated heterocycles. The molecule has 0 aliphatic rings. The number of para-hydroxylation sites is 1. The average Bonchev–Trinajstić information content (AvgIpc) is 2.26. The molecule has 2 rings (SSSR count). The molecule has 72 valence electrons. The fourth-order valence-electron chi connectivity index (χ4n) is 0.860. The van der Waals surface area contributed by atoms with Gasteiger partial charge in [0.1, 0.15) is 5.82 Å². The quantitative estimate of drug-likeness (QED) is 0.633. The van der Waals surface area contributed by atoms with Gasteiger partial charge in [-0.05, 0) is 12.1 Å². The summed E-state index contributed by atoms with van der Waals surface area (Å²) in [5, 5.41) is 0. The van der Waals surface area contributed by atoms with E-state index in [1.807, 2.05) is 36.4 Å². The van der Waals surface area contributed by atoms with Gasteiger partial charge in [0.05, 0.1) is 5.69 Å². The van der Waals surface area contributed by atoms with Crippen LogP contribution in [0.25, 0.3) is 0 Å². The fourth-order valence-corrected chi connectivity index (χ4v) is 0.860. The molecular weight excluding hydrogens is 177 g/mol. The lowest BCUT2D eigenvalue weighted by Gasteiger charge is -1.89. The molecule has 1 nitrogen and oxygen atoms in total. The summed E-state index contributed by atoms with van der Waals surface area (Å²) >= 11 is 0. The number of halogens is 1. The Bertz CT molecular complexity index is 312. The Hall–Kier alpha value is -1.83. The maximum absolute atomic E-state index is 12.2. The number of anilines is 1. The van der Waals surface area contributed by atoms with Crippen LogP contribution in [0.3, 0.4) is 0 Å². The van der Waals surface area contributed by atoms with Crippen LogP contribution in [0, 0.1) is 5.82 Å². The van der Waals surface area contributed by atoms with Crippen molar-refractivity contribution in [2.24, 2.45) is 0 Å². The van der Waals surface area contributed by atoms with Crippen LogP contribution in [0.5, 0.6) is 0 Å². The molecule has 0 aliphatic heterocycles. The van der Waals surface area contributed by atoms with Crippen molar-refractivity contribution >= 4 is 5.69 Å². The molecule has 0 aliphatic carbocycles. The van der Waals surface area contributed by atoms with E-state index in [0.717, 1.165) is 0 Å². The van der Waals surface area contributed by atoms with Crippen LogP contribution >= 0.6 is 0 Å². The zero-order chi connectivity index (χ0) is 10.2. The highest BCUT2D eigenvalue weighted by molar-refractivity contribution is 5.38. The second-order valence-corrected chi connectivity index (χ2v) is 2.68. The Balaban J connectivity index is 0.000000146. The maximum atomic E-state index is 12.2. The molecular formula is C12H12FN. The van der Waals surface area contributed by atoms with Crippen LogP contribution in [0.2, 0.25) is 0 Å². The highest BCUT2D eigenvalue weighted by Crippen LogP contribution is 2.05. The second-order valence-electron chi connectivity index (χ2n) is 2.68. The predicted octanol–water partition coefficient (Wildman–Crippen LogP) is 3.09. The van der Waals surface area contributed by atoms with Crippen molar-refractivity contribution in [3.8, 4) is 0 Å². The molecule has 0 heterocycles. The van der Waals surface area contributed by atoms with Gasteiger partial charge in [-0.3, -0.25) is 0 Å². The third-order valence-corrected chi connectivity index (χ3v) is 1.57. The van der Waals surface area contributed by atoms with E-state index < -0.39 is 0 Å².